The normalized spacial score (nSPS) is 38.1. The summed E-state index contributed by atoms with van der Waals surface area (Å²) in [5.41, 5.74) is 6.25. The van der Waals surface area contributed by atoms with E-state index < -0.39 is 5.92 Å². The van der Waals surface area contributed by atoms with Crippen molar-refractivity contribution in [3.63, 3.8) is 0 Å². The van der Waals surface area contributed by atoms with Crippen LogP contribution in [0.1, 0.15) is 38.5 Å². The highest BCUT2D eigenvalue weighted by Crippen LogP contribution is 2.71. The molecule has 74 valence electrons. The first-order chi connectivity index (χ1) is 5.98. The number of alkyl halides is 2. The third kappa shape index (κ3) is 0.940. The van der Waals surface area contributed by atoms with Gasteiger partial charge in [-0.3, -0.25) is 0 Å². The lowest BCUT2D eigenvalue weighted by Gasteiger charge is -2.43. The Balaban J connectivity index is 1.73. The van der Waals surface area contributed by atoms with Crippen LogP contribution in [0.25, 0.3) is 0 Å². The SMILES string of the molecule is NC1(C2(C3CC(F)(F)C3)CC2)CC1. The van der Waals surface area contributed by atoms with Crippen LogP contribution in [0.2, 0.25) is 0 Å². The van der Waals surface area contributed by atoms with Crippen molar-refractivity contribution in [1.82, 2.24) is 0 Å². The van der Waals surface area contributed by atoms with Crippen LogP contribution >= 0.6 is 0 Å². The van der Waals surface area contributed by atoms with Gasteiger partial charge in [0.05, 0.1) is 0 Å². The molecule has 0 radical (unpaired) electrons. The fraction of sp³-hybridized carbons (Fsp3) is 1.00. The highest BCUT2D eigenvalue weighted by Gasteiger charge is 2.70. The zero-order valence-electron chi connectivity index (χ0n) is 7.65. The molecule has 3 rings (SSSR count). The summed E-state index contributed by atoms with van der Waals surface area (Å²) in [4.78, 5) is 0. The summed E-state index contributed by atoms with van der Waals surface area (Å²) in [6.07, 6.45) is 4.54. The van der Waals surface area contributed by atoms with Crippen molar-refractivity contribution in [2.45, 2.75) is 50.0 Å². The van der Waals surface area contributed by atoms with Gasteiger partial charge in [0.15, 0.2) is 0 Å². The molecule has 0 unspecified atom stereocenters. The third-order valence-corrected chi connectivity index (χ3v) is 4.44. The Bertz CT molecular complexity index is 246. The van der Waals surface area contributed by atoms with E-state index in [2.05, 4.69) is 0 Å². The molecule has 3 heteroatoms. The Kier molecular flexibility index (Phi) is 1.21. The third-order valence-electron chi connectivity index (χ3n) is 4.44. The predicted molar refractivity (Wildman–Crippen MR) is 45.5 cm³/mol. The van der Waals surface area contributed by atoms with Crippen molar-refractivity contribution < 1.29 is 8.78 Å². The zero-order chi connectivity index (χ0) is 9.32. The van der Waals surface area contributed by atoms with Crippen LogP contribution in [-0.4, -0.2) is 11.5 Å². The van der Waals surface area contributed by atoms with Gasteiger partial charge in [-0.2, -0.15) is 0 Å². The maximum atomic E-state index is 12.7. The van der Waals surface area contributed by atoms with Crippen LogP contribution in [0.4, 0.5) is 8.78 Å². The second-order valence-corrected chi connectivity index (χ2v) is 5.27. The smallest absolute Gasteiger partial charge is 0.248 e. The minimum absolute atomic E-state index is 0.0336. The maximum absolute atomic E-state index is 12.7. The average molecular weight is 187 g/mol. The quantitative estimate of drug-likeness (QED) is 0.705. The standard InChI is InChI=1S/C10H15F2N/c11-10(12)5-7(6-10)8(1-2-8)9(13)3-4-9/h7H,1-6,13H2. The first kappa shape index (κ1) is 8.16. The van der Waals surface area contributed by atoms with Gasteiger partial charge in [0.25, 0.3) is 0 Å². The number of rotatable bonds is 2. The largest absolute Gasteiger partial charge is 0.325 e. The van der Waals surface area contributed by atoms with Gasteiger partial charge < -0.3 is 5.73 Å². The summed E-state index contributed by atoms with van der Waals surface area (Å²) in [6, 6.07) is 0. The minimum atomic E-state index is -2.37. The molecule has 0 aromatic rings. The summed E-state index contributed by atoms with van der Waals surface area (Å²) in [5, 5.41) is 0. The molecule has 1 nitrogen and oxygen atoms in total. The van der Waals surface area contributed by atoms with Crippen LogP contribution in [0.5, 0.6) is 0 Å². The van der Waals surface area contributed by atoms with Gasteiger partial charge in [-0.25, -0.2) is 8.78 Å². The fourth-order valence-corrected chi connectivity index (χ4v) is 3.13. The molecule has 0 heterocycles. The van der Waals surface area contributed by atoms with Gasteiger partial charge in [0.2, 0.25) is 5.92 Å². The monoisotopic (exact) mass is 187 g/mol. The highest BCUT2D eigenvalue weighted by atomic mass is 19.3. The molecule has 0 atom stereocenters. The number of nitrogens with two attached hydrogens (primary N) is 1. The van der Waals surface area contributed by atoms with E-state index in [1.165, 1.54) is 0 Å². The van der Waals surface area contributed by atoms with Crippen molar-refractivity contribution >= 4 is 0 Å². The zero-order valence-corrected chi connectivity index (χ0v) is 7.65. The molecule has 0 aromatic carbocycles. The highest BCUT2D eigenvalue weighted by molar-refractivity contribution is 5.23. The number of halogens is 2. The fourth-order valence-electron chi connectivity index (χ4n) is 3.13. The van der Waals surface area contributed by atoms with Crippen LogP contribution in [-0.2, 0) is 0 Å². The lowest BCUT2D eigenvalue weighted by Crippen LogP contribution is -2.48. The Morgan fingerprint density at radius 2 is 1.54 bits per heavy atom. The van der Waals surface area contributed by atoms with Crippen LogP contribution in [0, 0.1) is 11.3 Å². The molecule has 3 fully saturated rings. The second-order valence-electron chi connectivity index (χ2n) is 5.27. The van der Waals surface area contributed by atoms with E-state index in [1.54, 1.807) is 0 Å². The summed E-state index contributed by atoms with van der Waals surface area (Å²) >= 11 is 0. The maximum Gasteiger partial charge on any atom is 0.248 e. The first-order valence-electron chi connectivity index (χ1n) is 5.14. The second kappa shape index (κ2) is 1.92. The molecule has 0 bridgehead atoms. The van der Waals surface area contributed by atoms with Gasteiger partial charge in [0, 0.05) is 18.4 Å². The molecular weight excluding hydrogens is 172 g/mol. The van der Waals surface area contributed by atoms with Crippen LogP contribution in [0.15, 0.2) is 0 Å². The van der Waals surface area contributed by atoms with Crippen LogP contribution in [0.3, 0.4) is 0 Å². The molecular formula is C10H15F2N. The van der Waals surface area contributed by atoms with Crippen molar-refractivity contribution in [1.29, 1.82) is 0 Å². The number of hydrogen-bond donors (Lipinski definition) is 1. The lowest BCUT2D eigenvalue weighted by molar-refractivity contribution is -0.135. The Morgan fingerprint density at radius 3 is 1.85 bits per heavy atom. The topological polar surface area (TPSA) is 26.0 Å². The molecule has 0 aliphatic heterocycles. The average Bonchev–Trinajstić information content (AvgIpc) is 2.76. The molecule has 3 saturated carbocycles. The molecule has 2 N–H and O–H groups in total. The van der Waals surface area contributed by atoms with E-state index in [4.69, 9.17) is 5.73 Å². The molecule has 0 aromatic heterocycles. The van der Waals surface area contributed by atoms with Crippen molar-refractivity contribution in [2.75, 3.05) is 0 Å². The van der Waals surface area contributed by atoms with Gasteiger partial charge in [-0.15, -0.1) is 0 Å². The van der Waals surface area contributed by atoms with Crippen molar-refractivity contribution in [2.24, 2.45) is 17.1 Å². The molecule has 13 heavy (non-hydrogen) atoms. The van der Waals surface area contributed by atoms with Gasteiger partial charge >= 0.3 is 0 Å². The Morgan fingerprint density at radius 1 is 1.00 bits per heavy atom. The molecule has 3 aliphatic rings. The molecule has 0 saturated heterocycles. The summed E-state index contributed by atoms with van der Waals surface area (Å²) in [7, 11) is 0. The number of hydrogen-bond acceptors (Lipinski definition) is 1. The van der Waals surface area contributed by atoms with E-state index in [1.807, 2.05) is 0 Å². The summed E-state index contributed by atoms with van der Waals surface area (Å²) in [5.74, 6) is -2.14. The lowest BCUT2D eigenvalue weighted by atomic mass is 9.67. The van der Waals surface area contributed by atoms with Crippen molar-refractivity contribution in [3.05, 3.63) is 0 Å². The van der Waals surface area contributed by atoms with Gasteiger partial charge in [-0.1, -0.05) is 0 Å². The first-order valence-corrected chi connectivity index (χ1v) is 5.14. The van der Waals surface area contributed by atoms with Gasteiger partial charge in [0.1, 0.15) is 0 Å². The molecule has 0 spiro atoms. The van der Waals surface area contributed by atoms with E-state index in [0.29, 0.717) is 0 Å². The Hall–Kier alpha value is -0.180. The minimum Gasteiger partial charge on any atom is -0.325 e. The predicted octanol–water partition coefficient (Wildman–Crippen LogP) is 2.30. The van der Waals surface area contributed by atoms with E-state index in [0.717, 1.165) is 25.7 Å². The summed E-state index contributed by atoms with van der Waals surface area (Å²) in [6.45, 7) is 0. The van der Waals surface area contributed by atoms with E-state index in [-0.39, 0.29) is 29.7 Å². The van der Waals surface area contributed by atoms with Gasteiger partial charge in [-0.05, 0) is 37.0 Å². The Labute approximate surface area is 76.7 Å². The summed E-state index contributed by atoms with van der Waals surface area (Å²) < 4.78 is 25.4. The molecule has 3 aliphatic carbocycles. The molecule has 0 amide bonds. The van der Waals surface area contributed by atoms with E-state index >= 15 is 0 Å². The van der Waals surface area contributed by atoms with E-state index in [9.17, 15) is 8.78 Å². The van der Waals surface area contributed by atoms with Crippen molar-refractivity contribution in [3.8, 4) is 0 Å². The van der Waals surface area contributed by atoms with Crippen LogP contribution < -0.4 is 5.73 Å².